The number of nitrogens with one attached hydrogen (secondary N) is 1. The summed E-state index contributed by atoms with van der Waals surface area (Å²) in [4.78, 5) is 24.2. The molecule has 0 spiro atoms. The van der Waals surface area contributed by atoms with Gasteiger partial charge in [-0.25, -0.2) is 4.79 Å². The van der Waals surface area contributed by atoms with Crippen molar-refractivity contribution in [3.05, 3.63) is 35.9 Å². The molecule has 3 amide bonds. The van der Waals surface area contributed by atoms with Gasteiger partial charge in [0.25, 0.3) is 0 Å². The van der Waals surface area contributed by atoms with Crippen LogP contribution in [0.4, 0.5) is 4.79 Å². The second-order valence-corrected chi connectivity index (χ2v) is 3.96. The van der Waals surface area contributed by atoms with Crippen molar-refractivity contribution in [2.75, 3.05) is 6.54 Å². The van der Waals surface area contributed by atoms with Crippen molar-refractivity contribution in [1.82, 2.24) is 10.2 Å². The van der Waals surface area contributed by atoms with Crippen molar-refractivity contribution < 1.29 is 9.59 Å². The predicted molar refractivity (Wildman–Crippen MR) is 59.9 cm³/mol. The molecule has 1 aromatic carbocycles. The van der Waals surface area contributed by atoms with Gasteiger partial charge in [0.15, 0.2) is 0 Å². The lowest BCUT2D eigenvalue weighted by atomic mass is 10.1. The Hall–Kier alpha value is -1.84. The van der Waals surface area contributed by atoms with Crippen molar-refractivity contribution in [3.8, 4) is 0 Å². The summed E-state index contributed by atoms with van der Waals surface area (Å²) in [5.41, 5.74) is 1.13. The third kappa shape index (κ3) is 2.05. The zero-order valence-corrected chi connectivity index (χ0v) is 9.14. The summed E-state index contributed by atoms with van der Waals surface area (Å²) in [6, 6.07) is 9.46. The van der Waals surface area contributed by atoms with E-state index in [1.165, 1.54) is 4.90 Å². The topological polar surface area (TPSA) is 49.4 Å². The number of imide groups is 1. The van der Waals surface area contributed by atoms with Crippen molar-refractivity contribution in [2.24, 2.45) is 0 Å². The maximum atomic E-state index is 11.5. The van der Waals surface area contributed by atoms with E-state index in [1.54, 1.807) is 0 Å². The van der Waals surface area contributed by atoms with E-state index in [2.05, 4.69) is 5.32 Å². The van der Waals surface area contributed by atoms with Crippen LogP contribution >= 0.6 is 0 Å². The SMILES string of the molecule is CC(Cc1ccccc1)N1C(=O)CNC1=O. The van der Waals surface area contributed by atoms with E-state index in [4.69, 9.17) is 0 Å². The molecule has 1 heterocycles. The molecule has 2 rings (SSSR count). The lowest BCUT2D eigenvalue weighted by Crippen LogP contribution is -2.39. The highest BCUT2D eigenvalue weighted by atomic mass is 16.2. The summed E-state index contributed by atoms with van der Waals surface area (Å²) in [6.45, 7) is 2.01. The fourth-order valence-electron chi connectivity index (χ4n) is 1.93. The first-order chi connectivity index (χ1) is 7.68. The van der Waals surface area contributed by atoms with Crippen molar-refractivity contribution >= 4 is 11.9 Å². The molecule has 0 saturated carbocycles. The van der Waals surface area contributed by atoms with Crippen LogP contribution in [0.15, 0.2) is 30.3 Å². The Kier molecular flexibility index (Phi) is 2.90. The third-order valence-electron chi connectivity index (χ3n) is 2.69. The van der Waals surface area contributed by atoms with Crippen LogP contribution < -0.4 is 5.32 Å². The van der Waals surface area contributed by atoms with E-state index in [-0.39, 0.29) is 24.5 Å². The summed E-state index contributed by atoms with van der Waals surface area (Å²) in [6.07, 6.45) is 0.694. The zero-order valence-electron chi connectivity index (χ0n) is 9.14. The Balaban J connectivity index is 2.06. The number of benzene rings is 1. The number of hydrogen-bond acceptors (Lipinski definition) is 2. The van der Waals surface area contributed by atoms with Gasteiger partial charge in [0.1, 0.15) is 0 Å². The average molecular weight is 218 g/mol. The third-order valence-corrected chi connectivity index (χ3v) is 2.69. The molecule has 0 bridgehead atoms. The Labute approximate surface area is 94.2 Å². The summed E-state index contributed by atoms with van der Waals surface area (Å²) < 4.78 is 0. The number of nitrogens with zero attached hydrogens (tertiary/aromatic N) is 1. The minimum absolute atomic E-state index is 0.0996. The van der Waals surface area contributed by atoms with Gasteiger partial charge in [-0.05, 0) is 18.9 Å². The highest BCUT2D eigenvalue weighted by Crippen LogP contribution is 2.11. The van der Waals surface area contributed by atoms with Gasteiger partial charge in [-0.1, -0.05) is 30.3 Å². The Bertz CT molecular complexity index is 387. The average Bonchev–Trinajstić information content (AvgIpc) is 2.60. The first-order valence-electron chi connectivity index (χ1n) is 5.32. The van der Waals surface area contributed by atoms with Crippen molar-refractivity contribution in [1.29, 1.82) is 0 Å². The van der Waals surface area contributed by atoms with Crippen molar-refractivity contribution in [2.45, 2.75) is 19.4 Å². The monoisotopic (exact) mass is 218 g/mol. The van der Waals surface area contributed by atoms with Gasteiger partial charge >= 0.3 is 6.03 Å². The van der Waals surface area contributed by atoms with Crippen LogP contribution in [0.2, 0.25) is 0 Å². The molecule has 16 heavy (non-hydrogen) atoms. The van der Waals surface area contributed by atoms with Gasteiger partial charge in [0.05, 0.1) is 6.54 Å². The van der Waals surface area contributed by atoms with Crippen LogP contribution in [0.3, 0.4) is 0 Å². The molecule has 1 aliphatic heterocycles. The normalized spacial score (nSPS) is 17.4. The summed E-state index contributed by atoms with van der Waals surface area (Å²) >= 11 is 0. The minimum Gasteiger partial charge on any atom is -0.329 e. The molecule has 1 aromatic rings. The Morgan fingerprint density at radius 2 is 2.00 bits per heavy atom. The Morgan fingerprint density at radius 3 is 2.56 bits per heavy atom. The van der Waals surface area contributed by atoms with Crippen LogP contribution in [0.1, 0.15) is 12.5 Å². The number of urea groups is 1. The van der Waals surface area contributed by atoms with Crippen LogP contribution in [0, 0.1) is 0 Å². The lowest BCUT2D eigenvalue weighted by molar-refractivity contribution is -0.126. The maximum Gasteiger partial charge on any atom is 0.324 e. The van der Waals surface area contributed by atoms with Crippen LogP contribution in [0.25, 0.3) is 0 Å². The van der Waals surface area contributed by atoms with E-state index in [1.807, 2.05) is 37.3 Å². The van der Waals surface area contributed by atoms with Crippen LogP contribution in [-0.4, -0.2) is 29.4 Å². The molecule has 4 nitrogen and oxygen atoms in total. The molecule has 1 unspecified atom stereocenters. The Morgan fingerprint density at radius 1 is 1.31 bits per heavy atom. The molecular weight excluding hydrogens is 204 g/mol. The molecule has 1 fully saturated rings. The number of amides is 3. The van der Waals surface area contributed by atoms with Gasteiger partial charge in [0.2, 0.25) is 5.91 Å². The van der Waals surface area contributed by atoms with Gasteiger partial charge in [-0.15, -0.1) is 0 Å². The van der Waals surface area contributed by atoms with Gasteiger partial charge in [-0.2, -0.15) is 0 Å². The van der Waals surface area contributed by atoms with E-state index >= 15 is 0 Å². The molecule has 84 valence electrons. The van der Waals surface area contributed by atoms with E-state index in [0.717, 1.165) is 5.56 Å². The number of carbonyl (C=O) groups excluding carboxylic acids is 2. The second kappa shape index (κ2) is 4.35. The molecule has 1 aliphatic rings. The number of rotatable bonds is 3. The molecule has 0 aromatic heterocycles. The summed E-state index contributed by atoms with van der Waals surface area (Å²) in [7, 11) is 0. The highest BCUT2D eigenvalue weighted by Gasteiger charge is 2.32. The molecule has 1 saturated heterocycles. The standard InChI is InChI=1S/C12H14N2O2/c1-9(7-10-5-3-2-4-6-10)14-11(15)8-13-12(14)16/h2-6,9H,7-8H2,1H3,(H,13,16). The van der Waals surface area contributed by atoms with Gasteiger partial charge in [-0.3, -0.25) is 9.69 Å². The number of carbonyl (C=O) groups is 2. The lowest BCUT2D eigenvalue weighted by Gasteiger charge is -2.21. The zero-order chi connectivity index (χ0) is 11.5. The smallest absolute Gasteiger partial charge is 0.324 e. The molecule has 0 radical (unpaired) electrons. The molecule has 4 heteroatoms. The molecule has 0 aliphatic carbocycles. The first kappa shape index (κ1) is 10.7. The predicted octanol–water partition coefficient (Wildman–Crippen LogP) is 1.17. The van der Waals surface area contributed by atoms with E-state index in [9.17, 15) is 9.59 Å². The van der Waals surface area contributed by atoms with Crippen LogP contribution in [0.5, 0.6) is 0 Å². The van der Waals surface area contributed by atoms with E-state index < -0.39 is 0 Å². The van der Waals surface area contributed by atoms with Gasteiger partial charge < -0.3 is 5.32 Å². The second-order valence-electron chi connectivity index (χ2n) is 3.96. The summed E-state index contributed by atoms with van der Waals surface area (Å²) in [5.74, 6) is -0.145. The van der Waals surface area contributed by atoms with Crippen molar-refractivity contribution in [3.63, 3.8) is 0 Å². The molecular formula is C12H14N2O2. The first-order valence-corrected chi connectivity index (χ1v) is 5.32. The molecule has 1 N–H and O–H groups in total. The fourth-order valence-corrected chi connectivity index (χ4v) is 1.93. The fraction of sp³-hybridized carbons (Fsp3) is 0.333. The number of hydrogen-bond donors (Lipinski definition) is 1. The summed E-state index contributed by atoms with van der Waals surface area (Å²) in [5, 5.41) is 2.52. The molecule has 1 atom stereocenters. The van der Waals surface area contributed by atoms with E-state index in [0.29, 0.717) is 6.42 Å². The van der Waals surface area contributed by atoms with Crippen LogP contribution in [-0.2, 0) is 11.2 Å². The maximum absolute atomic E-state index is 11.5. The van der Waals surface area contributed by atoms with Gasteiger partial charge in [0, 0.05) is 6.04 Å². The largest absolute Gasteiger partial charge is 0.329 e. The highest BCUT2D eigenvalue weighted by molar-refractivity contribution is 6.02. The quantitative estimate of drug-likeness (QED) is 0.774. The minimum atomic E-state index is -0.284.